The number of esters is 1. The number of hydrogen-bond donors (Lipinski definition) is 0. The average molecular weight is 255 g/mol. The summed E-state index contributed by atoms with van der Waals surface area (Å²) in [6.07, 6.45) is 4.12. The van der Waals surface area contributed by atoms with E-state index < -0.39 is 0 Å². The Morgan fingerprint density at radius 3 is 2.83 bits per heavy atom. The van der Waals surface area contributed by atoms with Gasteiger partial charge in [-0.2, -0.15) is 0 Å². The topological polar surface area (TPSA) is 38.8 Å². The SMILES string of the molecule is C=CCN(CC(=O)OCC)CC1CCC(C)(C)O1. The number of ether oxygens (including phenoxy) is 2. The summed E-state index contributed by atoms with van der Waals surface area (Å²) in [4.78, 5) is 13.5. The molecule has 1 aliphatic rings. The summed E-state index contributed by atoms with van der Waals surface area (Å²) in [5.41, 5.74) is -0.0333. The Balaban J connectivity index is 2.42. The van der Waals surface area contributed by atoms with Crippen LogP contribution in [-0.4, -0.2) is 48.8 Å². The minimum atomic E-state index is -0.184. The fourth-order valence-corrected chi connectivity index (χ4v) is 2.27. The molecule has 0 aromatic rings. The van der Waals surface area contributed by atoms with Gasteiger partial charge in [-0.1, -0.05) is 6.08 Å². The molecule has 0 radical (unpaired) electrons. The van der Waals surface area contributed by atoms with E-state index in [0.29, 0.717) is 19.7 Å². The van der Waals surface area contributed by atoms with E-state index in [4.69, 9.17) is 9.47 Å². The lowest BCUT2D eigenvalue weighted by atomic mass is 10.1. The number of nitrogens with zero attached hydrogens (tertiary/aromatic N) is 1. The maximum Gasteiger partial charge on any atom is 0.320 e. The second kappa shape index (κ2) is 6.90. The Morgan fingerprint density at radius 2 is 2.33 bits per heavy atom. The van der Waals surface area contributed by atoms with Gasteiger partial charge in [0.25, 0.3) is 0 Å². The molecule has 1 aliphatic heterocycles. The van der Waals surface area contributed by atoms with Gasteiger partial charge in [0, 0.05) is 13.1 Å². The predicted octanol–water partition coefficient (Wildman–Crippen LogP) is 2.00. The zero-order valence-electron chi connectivity index (χ0n) is 11.8. The van der Waals surface area contributed by atoms with E-state index in [-0.39, 0.29) is 17.7 Å². The highest BCUT2D eigenvalue weighted by Gasteiger charge is 2.32. The Morgan fingerprint density at radius 1 is 1.61 bits per heavy atom. The Hall–Kier alpha value is -0.870. The smallest absolute Gasteiger partial charge is 0.320 e. The van der Waals surface area contributed by atoms with Gasteiger partial charge in [0.1, 0.15) is 0 Å². The Kier molecular flexibility index (Phi) is 5.82. The van der Waals surface area contributed by atoms with Crippen molar-refractivity contribution in [2.75, 3.05) is 26.2 Å². The highest BCUT2D eigenvalue weighted by molar-refractivity contribution is 5.71. The monoisotopic (exact) mass is 255 g/mol. The standard InChI is InChI=1S/C14H25NO3/c1-5-9-15(11-13(16)17-6-2)10-12-7-8-14(3,4)18-12/h5,12H,1,6-11H2,2-4H3. The van der Waals surface area contributed by atoms with E-state index in [2.05, 4.69) is 20.4 Å². The molecular weight excluding hydrogens is 230 g/mol. The van der Waals surface area contributed by atoms with Crippen LogP contribution in [0.4, 0.5) is 0 Å². The van der Waals surface area contributed by atoms with Crippen molar-refractivity contribution in [3.63, 3.8) is 0 Å². The summed E-state index contributed by atoms with van der Waals surface area (Å²) >= 11 is 0. The quantitative estimate of drug-likeness (QED) is 0.515. The maximum absolute atomic E-state index is 11.5. The first-order valence-electron chi connectivity index (χ1n) is 6.63. The van der Waals surface area contributed by atoms with E-state index in [0.717, 1.165) is 19.4 Å². The van der Waals surface area contributed by atoms with Crippen molar-refractivity contribution in [3.05, 3.63) is 12.7 Å². The van der Waals surface area contributed by atoms with Crippen molar-refractivity contribution in [1.29, 1.82) is 0 Å². The molecule has 4 heteroatoms. The van der Waals surface area contributed by atoms with Crippen molar-refractivity contribution >= 4 is 5.97 Å². The molecule has 0 amide bonds. The lowest BCUT2D eigenvalue weighted by molar-refractivity contribution is -0.144. The first-order chi connectivity index (χ1) is 8.46. The van der Waals surface area contributed by atoms with Crippen LogP contribution in [0, 0.1) is 0 Å². The number of carbonyl (C=O) groups is 1. The van der Waals surface area contributed by atoms with Gasteiger partial charge in [-0.25, -0.2) is 0 Å². The van der Waals surface area contributed by atoms with Crippen molar-refractivity contribution in [2.45, 2.75) is 45.3 Å². The highest BCUT2D eigenvalue weighted by Crippen LogP contribution is 2.29. The van der Waals surface area contributed by atoms with E-state index in [1.54, 1.807) is 6.08 Å². The summed E-state index contributed by atoms with van der Waals surface area (Å²) < 4.78 is 10.9. The molecule has 1 rings (SSSR count). The normalized spacial score (nSPS) is 22.1. The molecule has 1 saturated heterocycles. The Labute approximate surface area is 110 Å². The molecule has 18 heavy (non-hydrogen) atoms. The molecule has 1 heterocycles. The van der Waals surface area contributed by atoms with Crippen LogP contribution >= 0.6 is 0 Å². The molecule has 0 saturated carbocycles. The van der Waals surface area contributed by atoms with Crippen LogP contribution in [0.2, 0.25) is 0 Å². The molecule has 0 N–H and O–H groups in total. The van der Waals surface area contributed by atoms with Gasteiger partial charge in [-0.05, 0) is 33.6 Å². The van der Waals surface area contributed by atoms with Crippen molar-refractivity contribution in [1.82, 2.24) is 4.90 Å². The molecule has 1 unspecified atom stereocenters. The lowest BCUT2D eigenvalue weighted by Gasteiger charge is -2.25. The highest BCUT2D eigenvalue weighted by atomic mass is 16.5. The second-order valence-electron chi connectivity index (χ2n) is 5.33. The van der Waals surface area contributed by atoms with Crippen molar-refractivity contribution in [3.8, 4) is 0 Å². The molecule has 4 nitrogen and oxygen atoms in total. The first-order valence-corrected chi connectivity index (χ1v) is 6.63. The average Bonchev–Trinajstić information content (AvgIpc) is 2.58. The van der Waals surface area contributed by atoms with Crippen LogP contribution in [0.25, 0.3) is 0 Å². The zero-order valence-corrected chi connectivity index (χ0v) is 11.8. The van der Waals surface area contributed by atoms with Gasteiger partial charge < -0.3 is 9.47 Å². The summed E-state index contributed by atoms with van der Waals surface area (Å²) in [7, 11) is 0. The maximum atomic E-state index is 11.5. The van der Waals surface area contributed by atoms with Gasteiger partial charge >= 0.3 is 5.97 Å². The number of rotatable bonds is 7. The molecule has 0 aromatic carbocycles. The second-order valence-corrected chi connectivity index (χ2v) is 5.33. The fraction of sp³-hybridized carbons (Fsp3) is 0.786. The Bertz CT molecular complexity index is 289. The van der Waals surface area contributed by atoms with E-state index in [9.17, 15) is 4.79 Å². The molecule has 0 aliphatic carbocycles. The summed E-state index contributed by atoms with van der Waals surface area (Å²) in [5, 5.41) is 0. The van der Waals surface area contributed by atoms with Crippen molar-refractivity contribution < 1.29 is 14.3 Å². The van der Waals surface area contributed by atoms with Crippen LogP contribution in [0.1, 0.15) is 33.6 Å². The molecule has 0 spiro atoms. The third-order valence-corrected chi connectivity index (χ3v) is 3.06. The lowest BCUT2D eigenvalue weighted by Crippen LogP contribution is -2.38. The van der Waals surface area contributed by atoms with Crippen molar-refractivity contribution in [2.24, 2.45) is 0 Å². The van der Waals surface area contributed by atoms with Crippen LogP contribution in [0.5, 0.6) is 0 Å². The van der Waals surface area contributed by atoms with Crippen LogP contribution < -0.4 is 0 Å². The molecule has 1 fully saturated rings. The van der Waals surface area contributed by atoms with Gasteiger partial charge in [0.15, 0.2) is 0 Å². The van der Waals surface area contributed by atoms with Crippen LogP contribution in [0.15, 0.2) is 12.7 Å². The zero-order chi connectivity index (χ0) is 13.6. The van der Waals surface area contributed by atoms with Gasteiger partial charge in [0.05, 0.1) is 24.9 Å². The summed E-state index contributed by atoms with van der Waals surface area (Å²) in [5.74, 6) is -0.184. The minimum absolute atomic E-state index is 0.0333. The predicted molar refractivity (Wildman–Crippen MR) is 71.5 cm³/mol. The van der Waals surface area contributed by atoms with E-state index in [1.807, 2.05) is 11.8 Å². The molecular formula is C14H25NO3. The summed E-state index contributed by atoms with van der Waals surface area (Å²) in [6, 6.07) is 0. The van der Waals surface area contributed by atoms with Gasteiger partial charge in [-0.3, -0.25) is 9.69 Å². The fourth-order valence-electron chi connectivity index (χ4n) is 2.27. The molecule has 0 aromatic heterocycles. The van der Waals surface area contributed by atoms with Gasteiger partial charge in [0.2, 0.25) is 0 Å². The van der Waals surface area contributed by atoms with Gasteiger partial charge in [-0.15, -0.1) is 6.58 Å². The molecule has 1 atom stereocenters. The number of carbonyl (C=O) groups excluding carboxylic acids is 1. The third-order valence-electron chi connectivity index (χ3n) is 3.06. The molecule has 104 valence electrons. The minimum Gasteiger partial charge on any atom is -0.465 e. The third kappa shape index (κ3) is 5.19. The molecule has 0 bridgehead atoms. The summed E-state index contributed by atoms with van der Waals surface area (Å²) in [6.45, 7) is 11.9. The first kappa shape index (κ1) is 15.2. The van der Waals surface area contributed by atoms with E-state index >= 15 is 0 Å². The van der Waals surface area contributed by atoms with Crippen LogP contribution in [-0.2, 0) is 14.3 Å². The number of hydrogen-bond acceptors (Lipinski definition) is 4. The van der Waals surface area contributed by atoms with E-state index in [1.165, 1.54) is 0 Å². The largest absolute Gasteiger partial charge is 0.465 e. The van der Waals surface area contributed by atoms with Crippen LogP contribution in [0.3, 0.4) is 0 Å².